The van der Waals surface area contributed by atoms with Crippen molar-refractivity contribution >= 4 is 39.5 Å². The van der Waals surface area contributed by atoms with Crippen molar-refractivity contribution in [1.82, 2.24) is 0 Å². The summed E-state index contributed by atoms with van der Waals surface area (Å²) in [7, 11) is -9.91. The molecule has 0 aliphatic rings. The number of hydrogen-bond donors (Lipinski definition) is 3. The largest absolute Gasteiger partial charge is 0.472 e. The molecule has 0 aromatic heterocycles. The van der Waals surface area contributed by atoms with E-state index in [1.54, 1.807) is 0 Å². The number of phosphoric ester groups is 2. The molecule has 564 valence electrons. The molecule has 0 bridgehead atoms. The highest BCUT2D eigenvalue weighted by Crippen LogP contribution is 2.45. The zero-order valence-electron chi connectivity index (χ0n) is 62.3. The standard InChI is InChI=1S/C76H148O17P2/c1-9-69(8)55-47-39-31-23-18-16-14-12-10-11-13-15-17-19-25-33-42-50-58-75(80)92-71(62-86-73(78)56-48-40-32-24-21-20-22-28-36-44-52-66(2)3)64-90-94(82,83)88-60-70(77)61-89-95(84,85)91-65-72(93-76(81)59-51-43-35-27-30-38-46-54-68(6)7)63-87-74(79)57-49-41-34-26-29-37-45-53-67(4)5/h66-72,77H,9-65H2,1-8H3,(H,82,83)(H,84,85)/t69?,70?,71-,72-/m1/s1. The second-order valence-corrected chi connectivity index (χ2v) is 32.0. The quantitative estimate of drug-likeness (QED) is 0.0222. The number of unbranched alkanes of at least 4 members (excludes halogenated alkanes) is 38. The molecule has 0 spiro atoms. The van der Waals surface area contributed by atoms with Gasteiger partial charge in [-0.3, -0.25) is 37.3 Å². The molecule has 0 fully saturated rings. The van der Waals surface area contributed by atoms with Crippen LogP contribution >= 0.6 is 15.6 Å². The zero-order chi connectivity index (χ0) is 70.3. The summed E-state index contributed by atoms with van der Waals surface area (Å²) in [4.78, 5) is 72.7. The van der Waals surface area contributed by atoms with Gasteiger partial charge in [0.15, 0.2) is 12.2 Å². The van der Waals surface area contributed by atoms with Gasteiger partial charge in [0.2, 0.25) is 0 Å². The number of phosphoric acid groups is 2. The molecule has 6 atom stereocenters. The van der Waals surface area contributed by atoms with Gasteiger partial charge in [-0.05, 0) is 49.4 Å². The van der Waals surface area contributed by atoms with Crippen molar-refractivity contribution in [3.8, 4) is 0 Å². The summed E-state index contributed by atoms with van der Waals surface area (Å²) in [5, 5.41) is 10.6. The number of carbonyl (C=O) groups excluding carboxylic acids is 4. The van der Waals surface area contributed by atoms with E-state index in [9.17, 15) is 43.2 Å². The number of carbonyl (C=O) groups is 4. The van der Waals surface area contributed by atoms with Crippen LogP contribution in [0.25, 0.3) is 0 Å². The Kier molecular flexibility index (Phi) is 64.0. The Morgan fingerprint density at radius 1 is 0.295 bits per heavy atom. The van der Waals surface area contributed by atoms with Gasteiger partial charge in [0.05, 0.1) is 26.4 Å². The number of ether oxygens (including phenoxy) is 4. The normalized spacial score (nSPS) is 14.4. The first-order chi connectivity index (χ1) is 45.6. The third-order valence-electron chi connectivity index (χ3n) is 17.9. The van der Waals surface area contributed by atoms with Gasteiger partial charge < -0.3 is 33.8 Å². The first kappa shape index (κ1) is 93.1. The minimum Gasteiger partial charge on any atom is -0.462 e. The van der Waals surface area contributed by atoms with Gasteiger partial charge in [-0.25, -0.2) is 9.13 Å². The van der Waals surface area contributed by atoms with Crippen molar-refractivity contribution in [3.05, 3.63) is 0 Å². The predicted octanol–water partition coefficient (Wildman–Crippen LogP) is 22.0. The smallest absolute Gasteiger partial charge is 0.462 e. The van der Waals surface area contributed by atoms with Crippen molar-refractivity contribution in [2.75, 3.05) is 39.6 Å². The van der Waals surface area contributed by atoms with E-state index >= 15 is 0 Å². The Labute approximate surface area is 581 Å². The van der Waals surface area contributed by atoms with Crippen LogP contribution in [-0.2, 0) is 65.4 Å². The molecule has 0 aliphatic heterocycles. The van der Waals surface area contributed by atoms with E-state index in [1.807, 2.05) is 0 Å². The van der Waals surface area contributed by atoms with Crippen LogP contribution in [0.3, 0.4) is 0 Å². The van der Waals surface area contributed by atoms with E-state index in [1.165, 1.54) is 180 Å². The number of aliphatic hydroxyl groups is 1. The molecule has 95 heavy (non-hydrogen) atoms. The molecule has 0 amide bonds. The molecule has 0 saturated carbocycles. The molecule has 0 aromatic carbocycles. The fraction of sp³-hybridized carbons (Fsp3) is 0.947. The molecular weight excluding hydrogens is 1250 g/mol. The van der Waals surface area contributed by atoms with Crippen molar-refractivity contribution in [1.29, 1.82) is 0 Å². The van der Waals surface area contributed by atoms with Gasteiger partial charge >= 0.3 is 39.5 Å². The lowest BCUT2D eigenvalue weighted by molar-refractivity contribution is -0.161. The molecule has 17 nitrogen and oxygen atoms in total. The Balaban J connectivity index is 5.18. The second kappa shape index (κ2) is 65.4. The van der Waals surface area contributed by atoms with Crippen molar-refractivity contribution < 1.29 is 80.2 Å². The number of esters is 4. The number of hydrogen-bond acceptors (Lipinski definition) is 15. The highest BCUT2D eigenvalue weighted by Gasteiger charge is 2.30. The Hall–Kier alpha value is -1.94. The molecule has 0 aliphatic carbocycles. The minimum atomic E-state index is -4.96. The zero-order valence-corrected chi connectivity index (χ0v) is 64.1. The monoisotopic (exact) mass is 1400 g/mol. The molecule has 4 unspecified atom stereocenters. The molecule has 0 heterocycles. The molecule has 0 aromatic rings. The van der Waals surface area contributed by atoms with E-state index in [2.05, 4.69) is 55.4 Å². The van der Waals surface area contributed by atoms with Crippen molar-refractivity contribution in [3.63, 3.8) is 0 Å². The summed E-state index contributed by atoms with van der Waals surface area (Å²) in [5.74, 6) is 0.905. The molecular formula is C76H148O17P2. The van der Waals surface area contributed by atoms with Gasteiger partial charge in [-0.15, -0.1) is 0 Å². The number of rotatable bonds is 73. The van der Waals surface area contributed by atoms with Crippen LogP contribution in [0, 0.1) is 23.7 Å². The number of aliphatic hydroxyl groups excluding tert-OH is 1. The highest BCUT2D eigenvalue weighted by atomic mass is 31.2. The van der Waals surface area contributed by atoms with Crippen LogP contribution in [0.4, 0.5) is 0 Å². The first-order valence-electron chi connectivity index (χ1n) is 39.2. The van der Waals surface area contributed by atoms with E-state index in [0.29, 0.717) is 37.5 Å². The third-order valence-corrected chi connectivity index (χ3v) is 19.8. The van der Waals surface area contributed by atoms with Gasteiger partial charge in [-0.1, -0.05) is 331 Å². The SMILES string of the molecule is CCC(C)CCCCCCCCCCCCCCCCCCCCC(=O)O[C@H](COC(=O)CCCCCCCCCCCCC(C)C)COP(=O)(O)OCC(O)COP(=O)(O)OC[C@@H](COC(=O)CCCCCCCCCC(C)C)OC(=O)CCCCCCCCCC(C)C. The highest BCUT2D eigenvalue weighted by molar-refractivity contribution is 7.47. The molecule has 0 radical (unpaired) electrons. The summed E-state index contributed by atoms with van der Waals surface area (Å²) in [6.07, 6.45) is 50.3. The van der Waals surface area contributed by atoms with E-state index in [0.717, 1.165) is 108 Å². The lowest BCUT2D eigenvalue weighted by Gasteiger charge is -2.21. The van der Waals surface area contributed by atoms with Crippen LogP contribution in [0.5, 0.6) is 0 Å². The average molecular weight is 1400 g/mol. The fourth-order valence-corrected chi connectivity index (χ4v) is 13.1. The van der Waals surface area contributed by atoms with Crippen LogP contribution < -0.4 is 0 Å². The van der Waals surface area contributed by atoms with E-state index in [-0.39, 0.29) is 25.7 Å². The lowest BCUT2D eigenvalue weighted by Crippen LogP contribution is -2.30. The minimum absolute atomic E-state index is 0.102. The topological polar surface area (TPSA) is 237 Å². The summed E-state index contributed by atoms with van der Waals surface area (Å²) >= 11 is 0. The second-order valence-electron chi connectivity index (χ2n) is 29.1. The van der Waals surface area contributed by atoms with Gasteiger partial charge in [0.1, 0.15) is 19.3 Å². The van der Waals surface area contributed by atoms with Crippen LogP contribution in [-0.4, -0.2) is 96.7 Å². The summed E-state index contributed by atoms with van der Waals surface area (Å²) in [5.41, 5.74) is 0. The maximum absolute atomic E-state index is 13.1. The molecule has 19 heteroatoms. The molecule has 0 saturated heterocycles. The Morgan fingerprint density at radius 3 is 0.747 bits per heavy atom. The van der Waals surface area contributed by atoms with E-state index in [4.69, 9.17) is 37.0 Å². The molecule has 3 N–H and O–H groups in total. The fourth-order valence-electron chi connectivity index (χ4n) is 11.5. The van der Waals surface area contributed by atoms with Crippen LogP contribution in [0.15, 0.2) is 0 Å². The van der Waals surface area contributed by atoms with Crippen molar-refractivity contribution in [2.24, 2.45) is 23.7 Å². The van der Waals surface area contributed by atoms with Crippen LogP contribution in [0.2, 0.25) is 0 Å². The Morgan fingerprint density at radius 2 is 0.505 bits per heavy atom. The predicted molar refractivity (Wildman–Crippen MR) is 386 cm³/mol. The van der Waals surface area contributed by atoms with E-state index < -0.39 is 97.5 Å². The van der Waals surface area contributed by atoms with Crippen molar-refractivity contribution in [2.45, 2.75) is 401 Å². The van der Waals surface area contributed by atoms with Gasteiger partial charge in [-0.2, -0.15) is 0 Å². The maximum Gasteiger partial charge on any atom is 0.472 e. The van der Waals surface area contributed by atoms with Gasteiger partial charge in [0.25, 0.3) is 0 Å². The average Bonchev–Trinajstić information content (AvgIpc) is 2.59. The van der Waals surface area contributed by atoms with Crippen LogP contribution in [0.1, 0.15) is 383 Å². The van der Waals surface area contributed by atoms with Gasteiger partial charge in [0, 0.05) is 25.7 Å². The third kappa shape index (κ3) is 69.0. The lowest BCUT2D eigenvalue weighted by atomic mass is 9.99. The maximum atomic E-state index is 13.1. The Bertz CT molecular complexity index is 1870. The first-order valence-corrected chi connectivity index (χ1v) is 42.2. The molecule has 0 rings (SSSR count). The summed E-state index contributed by atoms with van der Waals surface area (Å²) in [6, 6.07) is 0. The summed E-state index contributed by atoms with van der Waals surface area (Å²) in [6.45, 7) is 14.1. The summed E-state index contributed by atoms with van der Waals surface area (Å²) < 4.78 is 68.4.